The van der Waals surface area contributed by atoms with Crippen molar-refractivity contribution in [2.75, 3.05) is 0 Å². The van der Waals surface area contributed by atoms with Crippen molar-refractivity contribution in [1.82, 2.24) is 4.31 Å². The molecule has 0 N–H and O–H groups in total. The Morgan fingerprint density at radius 2 is 1.58 bits per heavy atom. The van der Waals surface area contributed by atoms with Gasteiger partial charge in [0.05, 0.1) is 6.04 Å². The van der Waals surface area contributed by atoms with E-state index in [0.29, 0.717) is 0 Å². The summed E-state index contributed by atoms with van der Waals surface area (Å²) in [6.07, 6.45) is 5.47. The van der Waals surface area contributed by atoms with Gasteiger partial charge in [-0.2, -0.15) is 4.31 Å². The molecule has 2 aromatic carbocycles. The van der Waals surface area contributed by atoms with Crippen molar-refractivity contribution in [2.24, 2.45) is 0 Å². The summed E-state index contributed by atoms with van der Waals surface area (Å²) in [4.78, 5) is 1.02. The van der Waals surface area contributed by atoms with E-state index in [4.69, 9.17) is 0 Å². The molecule has 5 heteroatoms. The Kier molecular flexibility index (Phi) is 5.13. The number of hydrogen-bond acceptors (Lipinski definition) is 3. The topological polar surface area (TPSA) is 37.4 Å². The number of hydrogen-bond donors (Lipinski definition) is 0. The molecular weight excluding hydrogens is 362 g/mol. The van der Waals surface area contributed by atoms with Crippen LogP contribution < -0.4 is 0 Å². The van der Waals surface area contributed by atoms with Crippen LogP contribution in [-0.2, 0) is 10.0 Å². The molecule has 3 nitrogen and oxygen atoms in total. The predicted molar refractivity (Wildman–Crippen MR) is 108 cm³/mol. The number of nitrogens with zero attached hydrogens (tertiary/aromatic N) is 1. The molecule has 26 heavy (non-hydrogen) atoms. The van der Waals surface area contributed by atoms with Crippen LogP contribution in [-0.4, -0.2) is 23.3 Å². The first-order valence-corrected chi connectivity index (χ1v) is 11.8. The van der Waals surface area contributed by atoms with Crippen LogP contribution >= 0.6 is 11.8 Å². The third-order valence-corrected chi connectivity index (χ3v) is 9.57. The Bertz CT molecular complexity index is 861. The fraction of sp³-hybridized carbons (Fsp3) is 0.429. The van der Waals surface area contributed by atoms with Gasteiger partial charge in [0.15, 0.2) is 0 Å². The van der Waals surface area contributed by atoms with Crippen molar-refractivity contribution in [2.45, 2.75) is 60.6 Å². The van der Waals surface area contributed by atoms with Crippen molar-refractivity contribution >= 4 is 21.8 Å². The van der Waals surface area contributed by atoms with Crippen LogP contribution in [0.25, 0.3) is 0 Å². The van der Waals surface area contributed by atoms with Crippen LogP contribution in [0.5, 0.6) is 0 Å². The molecule has 1 saturated carbocycles. The van der Waals surface area contributed by atoms with Crippen LogP contribution in [0.15, 0.2) is 59.5 Å². The van der Waals surface area contributed by atoms with E-state index in [1.165, 1.54) is 23.7 Å². The first-order valence-electron chi connectivity index (χ1n) is 9.38. The summed E-state index contributed by atoms with van der Waals surface area (Å²) in [6, 6.07) is 18.2. The highest BCUT2D eigenvalue weighted by atomic mass is 32.3. The number of benzene rings is 2. The molecule has 0 radical (unpaired) electrons. The maximum Gasteiger partial charge on any atom is 0.229 e. The first kappa shape index (κ1) is 18.1. The van der Waals surface area contributed by atoms with E-state index in [0.717, 1.165) is 36.1 Å². The third kappa shape index (κ3) is 3.21. The lowest BCUT2D eigenvalue weighted by atomic mass is 9.93. The molecule has 4 rings (SSSR count). The summed E-state index contributed by atoms with van der Waals surface area (Å²) in [5.74, 6) is 0. The van der Waals surface area contributed by atoms with E-state index in [9.17, 15) is 8.42 Å². The monoisotopic (exact) mass is 387 g/mol. The van der Waals surface area contributed by atoms with E-state index < -0.39 is 14.6 Å². The molecule has 1 aliphatic heterocycles. The van der Waals surface area contributed by atoms with E-state index in [1.54, 1.807) is 0 Å². The Balaban J connectivity index is 1.71. The van der Waals surface area contributed by atoms with Crippen LogP contribution in [0.1, 0.15) is 49.3 Å². The SMILES string of the molecule is Cc1ccccc1[C@@H]1[C@@H](Sc2ccccc2)S(=O)(=O)N1C1CCCCC1. The first-order chi connectivity index (χ1) is 12.6. The molecule has 0 spiro atoms. The summed E-state index contributed by atoms with van der Waals surface area (Å²) in [5, 5.41) is 0. The minimum Gasteiger partial charge on any atom is -0.211 e. The van der Waals surface area contributed by atoms with Crippen molar-refractivity contribution in [1.29, 1.82) is 0 Å². The van der Waals surface area contributed by atoms with E-state index in [1.807, 2.05) is 46.8 Å². The van der Waals surface area contributed by atoms with Crippen molar-refractivity contribution < 1.29 is 8.42 Å². The highest BCUT2D eigenvalue weighted by Gasteiger charge is 2.57. The minimum absolute atomic E-state index is 0.0606. The smallest absolute Gasteiger partial charge is 0.211 e. The largest absolute Gasteiger partial charge is 0.229 e. The van der Waals surface area contributed by atoms with Gasteiger partial charge in [0.25, 0.3) is 0 Å². The maximum atomic E-state index is 13.3. The summed E-state index contributed by atoms with van der Waals surface area (Å²) in [7, 11) is -3.28. The van der Waals surface area contributed by atoms with Gasteiger partial charge < -0.3 is 0 Å². The average Bonchev–Trinajstić information content (AvgIpc) is 2.66. The minimum atomic E-state index is -3.28. The van der Waals surface area contributed by atoms with Crippen LogP contribution in [0.3, 0.4) is 0 Å². The zero-order chi connectivity index (χ0) is 18.1. The summed E-state index contributed by atoms with van der Waals surface area (Å²) < 4.78 is 27.9. The van der Waals surface area contributed by atoms with Crippen molar-refractivity contribution in [3.8, 4) is 0 Å². The molecule has 1 saturated heterocycles. The fourth-order valence-corrected chi connectivity index (χ4v) is 8.24. The summed E-state index contributed by atoms with van der Waals surface area (Å²) >= 11 is 1.49. The molecule has 2 fully saturated rings. The lowest BCUT2D eigenvalue weighted by Crippen LogP contribution is -2.60. The fourth-order valence-electron chi connectivity index (χ4n) is 4.23. The lowest BCUT2D eigenvalue weighted by molar-refractivity contribution is 0.175. The van der Waals surface area contributed by atoms with Gasteiger partial charge in [-0.3, -0.25) is 0 Å². The molecule has 2 aromatic rings. The highest BCUT2D eigenvalue weighted by Crippen LogP contribution is 2.53. The Hall–Kier alpha value is -1.30. The van der Waals surface area contributed by atoms with Gasteiger partial charge in [-0.15, -0.1) is 11.8 Å². The zero-order valence-corrected chi connectivity index (χ0v) is 16.7. The molecule has 2 atom stereocenters. The second-order valence-electron chi connectivity index (χ2n) is 7.27. The molecule has 1 heterocycles. The van der Waals surface area contributed by atoms with Crippen LogP contribution in [0.4, 0.5) is 0 Å². The molecule has 0 bridgehead atoms. The highest BCUT2D eigenvalue weighted by molar-refractivity contribution is 8.13. The second-order valence-corrected chi connectivity index (χ2v) is 10.7. The lowest BCUT2D eigenvalue weighted by Gasteiger charge is -2.51. The van der Waals surface area contributed by atoms with Gasteiger partial charge in [0.1, 0.15) is 4.58 Å². The average molecular weight is 388 g/mol. The van der Waals surface area contributed by atoms with Gasteiger partial charge in [-0.1, -0.05) is 61.7 Å². The molecule has 0 unspecified atom stereocenters. The Morgan fingerprint density at radius 1 is 0.923 bits per heavy atom. The Labute approximate surface area is 160 Å². The van der Waals surface area contributed by atoms with E-state index >= 15 is 0 Å². The standard InChI is InChI=1S/C21H25NO2S2/c1-16-10-8-9-15-19(16)20-21(25-18-13-6-3-7-14-18)26(23,24)22(20)17-11-4-2-5-12-17/h3,6-10,13-15,17,20-21H,2,4-5,11-12H2,1H3/t20-,21+/m1/s1. The summed E-state index contributed by atoms with van der Waals surface area (Å²) in [6.45, 7) is 2.09. The number of thioether (sulfide) groups is 1. The predicted octanol–water partition coefficient (Wildman–Crippen LogP) is 5.13. The maximum absolute atomic E-state index is 13.3. The van der Waals surface area contributed by atoms with Gasteiger partial charge in [0.2, 0.25) is 10.0 Å². The van der Waals surface area contributed by atoms with Gasteiger partial charge >= 0.3 is 0 Å². The second kappa shape index (κ2) is 7.37. The summed E-state index contributed by atoms with van der Waals surface area (Å²) in [5.41, 5.74) is 2.33. The third-order valence-electron chi connectivity index (χ3n) is 5.56. The molecule has 2 aliphatic rings. The van der Waals surface area contributed by atoms with Gasteiger partial charge in [-0.25, -0.2) is 8.42 Å². The number of rotatable bonds is 4. The van der Waals surface area contributed by atoms with E-state index in [2.05, 4.69) is 19.1 Å². The molecule has 0 aromatic heterocycles. The molecular formula is C21H25NO2S2. The molecule has 138 valence electrons. The Morgan fingerprint density at radius 3 is 2.27 bits per heavy atom. The normalized spacial score (nSPS) is 26.3. The van der Waals surface area contributed by atoms with Crippen molar-refractivity contribution in [3.63, 3.8) is 0 Å². The van der Waals surface area contributed by atoms with Crippen LogP contribution in [0.2, 0.25) is 0 Å². The zero-order valence-electron chi connectivity index (χ0n) is 15.0. The van der Waals surface area contributed by atoms with Gasteiger partial charge in [0, 0.05) is 10.9 Å². The van der Waals surface area contributed by atoms with Gasteiger partial charge in [-0.05, 0) is 43.0 Å². The van der Waals surface area contributed by atoms with Crippen molar-refractivity contribution in [3.05, 3.63) is 65.7 Å². The molecule has 0 amide bonds. The van der Waals surface area contributed by atoms with Crippen LogP contribution in [0, 0.1) is 6.92 Å². The van der Waals surface area contributed by atoms with E-state index in [-0.39, 0.29) is 12.1 Å². The molecule has 1 aliphatic carbocycles. The quantitative estimate of drug-likeness (QED) is 0.729. The number of sulfonamides is 1. The number of aryl methyl sites for hydroxylation is 1.